The van der Waals surface area contributed by atoms with Gasteiger partial charge in [0, 0.05) is 25.6 Å². The number of aryl methyl sites for hydroxylation is 1. The van der Waals surface area contributed by atoms with E-state index in [-0.39, 0.29) is 5.60 Å². The molecule has 1 spiro atoms. The van der Waals surface area contributed by atoms with Crippen LogP contribution in [0.25, 0.3) is 0 Å². The molecule has 128 valence electrons. The third-order valence-corrected chi connectivity index (χ3v) is 5.13. The minimum atomic E-state index is -0.221. The van der Waals surface area contributed by atoms with Crippen molar-refractivity contribution in [3.8, 4) is 5.75 Å². The molecule has 0 radical (unpaired) electrons. The Bertz CT molecular complexity index is 706. The number of aromatic nitrogens is 2. The molecular weight excluding hydrogens is 306 g/mol. The van der Waals surface area contributed by atoms with Gasteiger partial charge >= 0.3 is 0 Å². The molecule has 2 aromatic rings. The maximum absolute atomic E-state index is 6.32. The Labute approximate surface area is 141 Å². The first-order chi connectivity index (χ1) is 11.7. The summed E-state index contributed by atoms with van der Waals surface area (Å²) in [7, 11) is 1.74. The maximum atomic E-state index is 6.32. The van der Waals surface area contributed by atoms with Crippen molar-refractivity contribution in [3.05, 3.63) is 41.1 Å². The van der Waals surface area contributed by atoms with Crippen LogP contribution in [0.3, 0.4) is 0 Å². The average molecular weight is 329 g/mol. The van der Waals surface area contributed by atoms with Crippen LogP contribution in [0.2, 0.25) is 0 Å². The van der Waals surface area contributed by atoms with Gasteiger partial charge in [0.1, 0.15) is 5.75 Å². The van der Waals surface area contributed by atoms with Gasteiger partial charge in [-0.15, -0.1) is 10.2 Å². The molecule has 3 heterocycles. The highest BCUT2D eigenvalue weighted by Crippen LogP contribution is 2.45. The topological polar surface area (TPSA) is 60.6 Å². The third kappa shape index (κ3) is 2.70. The number of hydrogen-bond donors (Lipinski definition) is 0. The zero-order valence-corrected chi connectivity index (χ0v) is 14.2. The van der Waals surface area contributed by atoms with Gasteiger partial charge in [0.05, 0.1) is 25.9 Å². The lowest BCUT2D eigenvalue weighted by Gasteiger charge is -2.45. The van der Waals surface area contributed by atoms with E-state index in [1.165, 1.54) is 11.1 Å². The summed E-state index contributed by atoms with van der Waals surface area (Å²) in [6, 6.07) is 6.32. The number of piperidine rings is 1. The van der Waals surface area contributed by atoms with Gasteiger partial charge in [-0.1, -0.05) is 12.1 Å². The molecule has 1 fully saturated rings. The Balaban J connectivity index is 1.53. The summed E-state index contributed by atoms with van der Waals surface area (Å²) < 4.78 is 17.5. The van der Waals surface area contributed by atoms with E-state index >= 15 is 0 Å². The minimum Gasteiger partial charge on any atom is -0.496 e. The number of hydrogen-bond acceptors (Lipinski definition) is 6. The summed E-state index contributed by atoms with van der Waals surface area (Å²) in [5, 5.41) is 8.00. The number of nitrogens with zero attached hydrogens (tertiary/aromatic N) is 3. The van der Waals surface area contributed by atoms with Crippen molar-refractivity contribution in [1.82, 2.24) is 15.1 Å². The van der Waals surface area contributed by atoms with Gasteiger partial charge in [0.25, 0.3) is 0 Å². The highest BCUT2D eigenvalue weighted by Gasteiger charge is 2.42. The molecule has 0 saturated carbocycles. The highest BCUT2D eigenvalue weighted by atomic mass is 16.5. The molecule has 6 heteroatoms. The van der Waals surface area contributed by atoms with Crippen molar-refractivity contribution < 1.29 is 13.9 Å². The zero-order valence-electron chi connectivity index (χ0n) is 14.2. The summed E-state index contributed by atoms with van der Waals surface area (Å²) in [6.45, 7) is 5.19. The summed E-state index contributed by atoms with van der Waals surface area (Å²) in [5.74, 6) is 2.26. The molecule has 1 saturated heterocycles. The number of ether oxygens (including phenoxy) is 2. The molecule has 24 heavy (non-hydrogen) atoms. The number of fused-ring (bicyclic) bond motifs is 2. The lowest BCUT2D eigenvalue weighted by Crippen LogP contribution is -2.46. The summed E-state index contributed by atoms with van der Waals surface area (Å²) in [4.78, 5) is 2.35. The molecule has 0 N–H and O–H groups in total. The number of rotatable bonds is 3. The van der Waals surface area contributed by atoms with Crippen LogP contribution in [0.15, 0.2) is 22.6 Å². The Morgan fingerprint density at radius 1 is 1.25 bits per heavy atom. The summed E-state index contributed by atoms with van der Waals surface area (Å²) in [5.41, 5.74) is 2.40. The van der Waals surface area contributed by atoms with E-state index in [1.807, 2.05) is 13.0 Å². The van der Waals surface area contributed by atoms with Gasteiger partial charge in [0.15, 0.2) is 0 Å². The molecule has 0 unspecified atom stereocenters. The van der Waals surface area contributed by atoms with Crippen LogP contribution in [0.1, 0.15) is 35.7 Å². The summed E-state index contributed by atoms with van der Waals surface area (Å²) >= 11 is 0. The first-order valence-electron chi connectivity index (χ1n) is 8.52. The molecule has 0 aliphatic carbocycles. The molecule has 2 aliphatic heterocycles. The first kappa shape index (κ1) is 15.6. The Kier molecular flexibility index (Phi) is 4.02. The fraction of sp³-hybridized carbons (Fsp3) is 0.556. The SMILES string of the molecule is COc1cccc2c1C1(CCN(Cc3nnc(C)o3)CC1)OCC2. The van der Waals surface area contributed by atoms with E-state index in [9.17, 15) is 0 Å². The first-order valence-corrected chi connectivity index (χ1v) is 8.52. The predicted molar refractivity (Wildman–Crippen MR) is 87.9 cm³/mol. The Morgan fingerprint density at radius 2 is 2.08 bits per heavy atom. The van der Waals surface area contributed by atoms with Crippen molar-refractivity contribution in [2.24, 2.45) is 0 Å². The normalized spacial score (nSPS) is 20.1. The zero-order chi connectivity index (χ0) is 16.6. The number of methoxy groups -OCH3 is 1. The average Bonchev–Trinajstić information content (AvgIpc) is 3.02. The predicted octanol–water partition coefficient (Wildman–Crippen LogP) is 2.45. The van der Waals surface area contributed by atoms with Gasteiger partial charge in [0.2, 0.25) is 11.8 Å². The van der Waals surface area contributed by atoms with Crippen LogP contribution in [0.5, 0.6) is 5.75 Å². The van der Waals surface area contributed by atoms with Gasteiger partial charge < -0.3 is 13.9 Å². The van der Waals surface area contributed by atoms with E-state index in [4.69, 9.17) is 13.9 Å². The van der Waals surface area contributed by atoms with Gasteiger partial charge in [-0.2, -0.15) is 0 Å². The van der Waals surface area contributed by atoms with Crippen LogP contribution >= 0.6 is 0 Å². The van der Waals surface area contributed by atoms with E-state index in [1.54, 1.807) is 7.11 Å². The molecule has 4 rings (SSSR count). The van der Waals surface area contributed by atoms with Gasteiger partial charge in [-0.3, -0.25) is 4.90 Å². The van der Waals surface area contributed by atoms with Crippen LogP contribution in [0.4, 0.5) is 0 Å². The van der Waals surface area contributed by atoms with Crippen molar-refractivity contribution in [2.45, 2.75) is 38.3 Å². The lowest BCUT2D eigenvalue weighted by molar-refractivity contribution is -0.101. The fourth-order valence-electron chi connectivity index (χ4n) is 3.96. The smallest absolute Gasteiger partial charge is 0.230 e. The van der Waals surface area contributed by atoms with Crippen molar-refractivity contribution in [3.63, 3.8) is 0 Å². The highest BCUT2D eigenvalue weighted by molar-refractivity contribution is 5.46. The van der Waals surface area contributed by atoms with E-state index in [2.05, 4.69) is 27.2 Å². The number of benzene rings is 1. The number of likely N-dealkylation sites (tertiary alicyclic amines) is 1. The van der Waals surface area contributed by atoms with E-state index in [0.717, 1.165) is 44.7 Å². The monoisotopic (exact) mass is 329 g/mol. The van der Waals surface area contributed by atoms with E-state index in [0.29, 0.717) is 18.3 Å². The van der Waals surface area contributed by atoms with Crippen LogP contribution in [0, 0.1) is 6.92 Å². The van der Waals surface area contributed by atoms with Gasteiger partial charge in [-0.05, 0) is 30.9 Å². The van der Waals surface area contributed by atoms with Crippen molar-refractivity contribution >= 4 is 0 Å². The molecule has 0 atom stereocenters. The molecule has 1 aromatic heterocycles. The fourth-order valence-corrected chi connectivity index (χ4v) is 3.96. The second-order valence-corrected chi connectivity index (χ2v) is 6.58. The minimum absolute atomic E-state index is 0.221. The standard InChI is InChI=1S/C18H23N3O3/c1-13-19-20-16(24-13)12-21-9-7-18(8-10-21)17-14(6-11-23-18)4-3-5-15(17)22-2/h3-5H,6-12H2,1-2H3. The quantitative estimate of drug-likeness (QED) is 0.862. The van der Waals surface area contributed by atoms with Crippen LogP contribution in [-0.4, -0.2) is 41.9 Å². The second-order valence-electron chi connectivity index (χ2n) is 6.58. The van der Waals surface area contributed by atoms with E-state index < -0.39 is 0 Å². The Morgan fingerprint density at radius 3 is 2.79 bits per heavy atom. The maximum Gasteiger partial charge on any atom is 0.230 e. The van der Waals surface area contributed by atoms with Gasteiger partial charge in [-0.25, -0.2) is 0 Å². The Hall–Kier alpha value is -1.92. The third-order valence-electron chi connectivity index (χ3n) is 5.13. The largest absolute Gasteiger partial charge is 0.496 e. The molecular formula is C18H23N3O3. The van der Waals surface area contributed by atoms with Crippen LogP contribution in [-0.2, 0) is 23.3 Å². The molecule has 0 bridgehead atoms. The molecule has 1 aromatic carbocycles. The van der Waals surface area contributed by atoms with Crippen LogP contribution < -0.4 is 4.74 Å². The molecule has 2 aliphatic rings. The summed E-state index contributed by atoms with van der Waals surface area (Å²) in [6.07, 6.45) is 2.86. The molecule has 6 nitrogen and oxygen atoms in total. The molecule has 0 amide bonds. The lowest BCUT2D eigenvalue weighted by atomic mass is 9.79. The van der Waals surface area contributed by atoms with Crippen molar-refractivity contribution in [1.29, 1.82) is 0 Å². The van der Waals surface area contributed by atoms with Crippen molar-refractivity contribution in [2.75, 3.05) is 26.8 Å². The second kappa shape index (κ2) is 6.18.